The van der Waals surface area contributed by atoms with E-state index in [0.29, 0.717) is 16.7 Å². The SMILES string of the molecule is COC[C@@H](N)c1ccc(Cl)c(Cl)c1. The second-order valence-electron chi connectivity index (χ2n) is 2.74. The van der Waals surface area contributed by atoms with E-state index in [-0.39, 0.29) is 6.04 Å². The molecule has 1 rings (SSSR count). The Bertz CT molecular complexity index is 291. The Morgan fingerprint density at radius 3 is 2.62 bits per heavy atom. The van der Waals surface area contributed by atoms with Crippen LogP contribution in [0.25, 0.3) is 0 Å². The van der Waals surface area contributed by atoms with E-state index in [9.17, 15) is 0 Å². The number of nitrogens with two attached hydrogens (primary N) is 1. The summed E-state index contributed by atoms with van der Waals surface area (Å²) in [6.45, 7) is 0.470. The number of halogens is 2. The third-order valence-electron chi connectivity index (χ3n) is 1.72. The lowest BCUT2D eigenvalue weighted by atomic mass is 10.1. The number of hydrogen-bond donors (Lipinski definition) is 1. The number of methoxy groups -OCH3 is 1. The fraction of sp³-hybridized carbons (Fsp3) is 0.333. The summed E-state index contributed by atoms with van der Waals surface area (Å²) in [7, 11) is 1.61. The summed E-state index contributed by atoms with van der Waals surface area (Å²) >= 11 is 11.6. The lowest BCUT2D eigenvalue weighted by Gasteiger charge is -2.11. The molecule has 0 radical (unpaired) electrons. The highest BCUT2D eigenvalue weighted by Crippen LogP contribution is 2.24. The van der Waals surface area contributed by atoms with E-state index >= 15 is 0 Å². The molecule has 0 aromatic heterocycles. The molecule has 0 unspecified atom stereocenters. The van der Waals surface area contributed by atoms with Crippen LogP contribution in [-0.4, -0.2) is 13.7 Å². The quantitative estimate of drug-likeness (QED) is 0.849. The van der Waals surface area contributed by atoms with Crippen molar-refractivity contribution in [3.8, 4) is 0 Å². The molecule has 0 fully saturated rings. The van der Waals surface area contributed by atoms with E-state index in [0.717, 1.165) is 5.56 Å². The van der Waals surface area contributed by atoms with Crippen molar-refractivity contribution in [1.82, 2.24) is 0 Å². The van der Waals surface area contributed by atoms with Gasteiger partial charge in [-0.25, -0.2) is 0 Å². The average Bonchev–Trinajstić information content (AvgIpc) is 2.10. The molecule has 0 aliphatic rings. The van der Waals surface area contributed by atoms with Gasteiger partial charge in [0.1, 0.15) is 0 Å². The van der Waals surface area contributed by atoms with Gasteiger partial charge in [0.2, 0.25) is 0 Å². The smallest absolute Gasteiger partial charge is 0.0655 e. The minimum atomic E-state index is -0.153. The molecular formula is C9H11Cl2NO. The molecule has 4 heteroatoms. The van der Waals surface area contributed by atoms with Crippen molar-refractivity contribution in [3.63, 3.8) is 0 Å². The molecule has 0 saturated carbocycles. The van der Waals surface area contributed by atoms with Crippen molar-refractivity contribution >= 4 is 23.2 Å². The van der Waals surface area contributed by atoms with Gasteiger partial charge >= 0.3 is 0 Å². The molecule has 0 amide bonds. The van der Waals surface area contributed by atoms with Crippen molar-refractivity contribution in [1.29, 1.82) is 0 Å². The van der Waals surface area contributed by atoms with Gasteiger partial charge in [0, 0.05) is 7.11 Å². The molecule has 1 aromatic rings. The lowest BCUT2D eigenvalue weighted by Crippen LogP contribution is -2.15. The summed E-state index contributed by atoms with van der Waals surface area (Å²) in [4.78, 5) is 0. The maximum Gasteiger partial charge on any atom is 0.0655 e. The highest BCUT2D eigenvalue weighted by Gasteiger charge is 2.07. The van der Waals surface area contributed by atoms with E-state index < -0.39 is 0 Å². The Morgan fingerprint density at radius 1 is 1.38 bits per heavy atom. The van der Waals surface area contributed by atoms with Crippen LogP contribution in [0.2, 0.25) is 10.0 Å². The molecule has 0 aliphatic carbocycles. The average molecular weight is 220 g/mol. The Labute approximate surface area is 87.6 Å². The molecule has 13 heavy (non-hydrogen) atoms. The highest BCUT2D eigenvalue weighted by atomic mass is 35.5. The van der Waals surface area contributed by atoms with Gasteiger partial charge in [-0.15, -0.1) is 0 Å². The van der Waals surface area contributed by atoms with Crippen LogP contribution in [0.3, 0.4) is 0 Å². The van der Waals surface area contributed by atoms with Crippen LogP contribution in [0.4, 0.5) is 0 Å². The van der Waals surface area contributed by atoms with Crippen LogP contribution >= 0.6 is 23.2 Å². The third-order valence-corrected chi connectivity index (χ3v) is 2.46. The van der Waals surface area contributed by atoms with Gasteiger partial charge in [-0.2, -0.15) is 0 Å². The minimum Gasteiger partial charge on any atom is -0.383 e. The maximum absolute atomic E-state index is 5.83. The van der Waals surface area contributed by atoms with Gasteiger partial charge in [-0.3, -0.25) is 0 Å². The minimum absolute atomic E-state index is 0.153. The molecular weight excluding hydrogens is 209 g/mol. The molecule has 72 valence electrons. The van der Waals surface area contributed by atoms with Gasteiger partial charge in [0.25, 0.3) is 0 Å². The van der Waals surface area contributed by atoms with Gasteiger partial charge < -0.3 is 10.5 Å². The second kappa shape index (κ2) is 4.82. The Kier molecular flexibility index (Phi) is 4.00. The summed E-state index contributed by atoms with van der Waals surface area (Å²) in [6.07, 6.45) is 0. The molecule has 1 aromatic carbocycles. The fourth-order valence-electron chi connectivity index (χ4n) is 1.02. The largest absolute Gasteiger partial charge is 0.383 e. The normalized spacial score (nSPS) is 12.9. The van der Waals surface area contributed by atoms with E-state index in [1.807, 2.05) is 6.07 Å². The molecule has 0 aliphatic heterocycles. The van der Waals surface area contributed by atoms with E-state index in [4.69, 9.17) is 33.7 Å². The summed E-state index contributed by atoms with van der Waals surface area (Å²) in [5.41, 5.74) is 6.72. The monoisotopic (exact) mass is 219 g/mol. The number of hydrogen-bond acceptors (Lipinski definition) is 2. The standard InChI is InChI=1S/C9H11Cl2NO/c1-13-5-9(12)6-2-3-7(10)8(11)4-6/h2-4,9H,5,12H2,1H3/t9-/m1/s1. The molecule has 2 nitrogen and oxygen atoms in total. The molecule has 0 spiro atoms. The maximum atomic E-state index is 5.83. The first-order chi connectivity index (χ1) is 6.15. The van der Waals surface area contributed by atoms with E-state index in [1.54, 1.807) is 19.2 Å². The van der Waals surface area contributed by atoms with Crippen molar-refractivity contribution in [2.45, 2.75) is 6.04 Å². The summed E-state index contributed by atoms with van der Waals surface area (Å²) in [5.74, 6) is 0. The number of ether oxygens (including phenoxy) is 1. The number of benzene rings is 1. The van der Waals surface area contributed by atoms with Crippen LogP contribution in [0.1, 0.15) is 11.6 Å². The molecule has 0 saturated heterocycles. The molecule has 1 atom stereocenters. The van der Waals surface area contributed by atoms with Crippen molar-refractivity contribution in [2.75, 3.05) is 13.7 Å². The number of rotatable bonds is 3. The second-order valence-corrected chi connectivity index (χ2v) is 3.55. The van der Waals surface area contributed by atoms with Gasteiger partial charge in [0.15, 0.2) is 0 Å². The fourth-order valence-corrected chi connectivity index (χ4v) is 1.33. The van der Waals surface area contributed by atoms with Crippen molar-refractivity contribution in [2.24, 2.45) is 5.73 Å². The predicted octanol–water partition coefficient (Wildman–Crippen LogP) is 2.64. The van der Waals surface area contributed by atoms with Crippen molar-refractivity contribution < 1.29 is 4.74 Å². The lowest BCUT2D eigenvalue weighted by molar-refractivity contribution is 0.181. The van der Waals surface area contributed by atoms with Gasteiger partial charge in [0.05, 0.1) is 22.7 Å². The van der Waals surface area contributed by atoms with E-state index in [2.05, 4.69) is 0 Å². The Balaban J connectivity index is 2.84. The summed E-state index contributed by atoms with van der Waals surface area (Å²) in [6, 6.07) is 5.18. The Morgan fingerprint density at radius 2 is 2.08 bits per heavy atom. The first-order valence-electron chi connectivity index (χ1n) is 3.84. The molecule has 2 N–H and O–H groups in total. The third kappa shape index (κ3) is 2.85. The first-order valence-corrected chi connectivity index (χ1v) is 4.60. The summed E-state index contributed by atoms with van der Waals surface area (Å²) in [5, 5.41) is 1.06. The zero-order valence-corrected chi connectivity index (χ0v) is 8.77. The zero-order valence-electron chi connectivity index (χ0n) is 7.26. The van der Waals surface area contributed by atoms with Crippen LogP contribution < -0.4 is 5.73 Å². The van der Waals surface area contributed by atoms with Crippen LogP contribution in [0.5, 0.6) is 0 Å². The Hall–Kier alpha value is -0.280. The van der Waals surface area contributed by atoms with E-state index in [1.165, 1.54) is 0 Å². The van der Waals surface area contributed by atoms with Gasteiger partial charge in [-0.1, -0.05) is 29.3 Å². The predicted molar refractivity (Wildman–Crippen MR) is 55.3 cm³/mol. The first kappa shape index (κ1) is 10.8. The highest BCUT2D eigenvalue weighted by molar-refractivity contribution is 6.42. The van der Waals surface area contributed by atoms with Crippen LogP contribution in [0.15, 0.2) is 18.2 Å². The van der Waals surface area contributed by atoms with Crippen LogP contribution in [-0.2, 0) is 4.74 Å². The van der Waals surface area contributed by atoms with Crippen LogP contribution in [0, 0.1) is 0 Å². The van der Waals surface area contributed by atoms with Crippen molar-refractivity contribution in [3.05, 3.63) is 33.8 Å². The molecule has 0 heterocycles. The summed E-state index contributed by atoms with van der Waals surface area (Å²) < 4.78 is 4.93. The zero-order chi connectivity index (χ0) is 9.84. The van der Waals surface area contributed by atoms with Gasteiger partial charge in [-0.05, 0) is 17.7 Å². The molecule has 0 bridgehead atoms. The topological polar surface area (TPSA) is 35.2 Å².